The lowest BCUT2D eigenvalue weighted by Crippen LogP contribution is -2.24. The number of ether oxygens (including phenoxy) is 2. The second-order valence-electron chi connectivity index (χ2n) is 8.30. The van der Waals surface area contributed by atoms with E-state index in [1.54, 1.807) is 31.2 Å². The number of allylic oxidation sites excluding steroid dienone is 1. The van der Waals surface area contributed by atoms with E-state index in [9.17, 15) is 14.4 Å². The molecule has 0 aliphatic carbocycles. The van der Waals surface area contributed by atoms with Gasteiger partial charge in [0.1, 0.15) is 0 Å². The summed E-state index contributed by atoms with van der Waals surface area (Å²) in [4.78, 5) is 40.3. The Morgan fingerprint density at radius 3 is 2.28 bits per heavy atom. The molecule has 4 rings (SSSR count). The van der Waals surface area contributed by atoms with E-state index in [-0.39, 0.29) is 17.1 Å². The number of carbonyl (C=O) groups is 3. The molecule has 0 N–H and O–H groups in total. The van der Waals surface area contributed by atoms with Crippen LogP contribution >= 0.6 is 15.9 Å². The van der Waals surface area contributed by atoms with E-state index in [2.05, 4.69) is 15.9 Å². The molecule has 7 nitrogen and oxygen atoms in total. The molecule has 0 unspecified atom stereocenters. The lowest BCUT2D eigenvalue weighted by atomic mass is 10.0. The van der Waals surface area contributed by atoms with E-state index < -0.39 is 11.9 Å². The quantitative estimate of drug-likeness (QED) is 0.310. The Balaban J connectivity index is 1.87. The third-order valence-electron chi connectivity index (χ3n) is 6.18. The molecule has 2 aromatic carbocycles. The van der Waals surface area contributed by atoms with Crippen LogP contribution in [0.15, 0.2) is 75.9 Å². The number of esters is 2. The number of rotatable bonds is 5. The van der Waals surface area contributed by atoms with Crippen molar-refractivity contribution in [3.05, 3.63) is 98.4 Å². The number of anilines is 1. The number of hydrogen-bond acceptors (Lipinski definition) is 5. The molecule has 1 amide bonds. The van der Waals surface area contributed by atoms with Crippen LogP contribution in [0.1, 0.15) is 34.2 Å². The van der Waals surface area contributed by atoms with Crippen molar-refractivity contribution in [1.82, 2.24) is 4.57 Å². The van der Waals surface area contributed by atoms with Crippen LogP contribution in [0.4, 0.5) is 5.69 Å². The van der Waals surface area contributed by atoms with Gasteiger partial charge >= 0.3 is 11.9 Å². The van der Waals surface area contributed by atoms with Gasteiger partial charge in [-0.05, 0) is 68.8 Å². The highest BCUT2D eigenvalue weighted by molar-refractivity contribution is 9.10. The standard InChI is InChI=1S/C28H25BrN2O5/c1-16-13-19(17(2)30(16)24-12-7-6-11-22(24)27(33)35-4)14-23-25(28(34)36-5)18(3)31(26(23)32)21-10-8-9-20(29)15-21/h6-15H,1-5H3/b23-14-. The fraction of sp³-hybridized carbons (Fsp3) is 0.179. The summed E-state index contributed by atoms with van der Waals surface area (Å²) in [5, 5.41) is 0. The fourth-order valence-corrected chi connectivity index (χ4v) is 4.90. The molecule has 1 aliphatic heterocycles. The molecule has 0 atom stereocenters. The predicted octanol–water partition coefficient (Wildman–Crippen LogP) is 5.52. The number of aryl methyl sites for hydroxylation is 1. The topological polar surface area (TPSA) is 77.8 Å². The summed E-state index contributed by atoms with van der Waals surface area (Å²) in [6, 6.07) is 16.4. The molecule has 0 saturated carbocycles. The molecule has 36 heavy (non-hydrogen) atoms. The number of methoxy groups -OCH3 is 2. The molecule has 0 radical (unpaired) electrons. The SMILES string of the molecule is COC(=O)C1=C(C)N(c2cccc(Br)c2)C(=O)/C1=C\c1cc(C)n(-c2ccccc2C(=O)OC)c1C. The first-order chi connectivity index (χ1) is 17.2. The first kappa shape index (κ1) is 25.2. The molecule has 184 valence electrons. The first-order valence-corrected chi connectivity index (χ1v) is 12.0. The number of halogens is 1. The minimum atomic E-state index is -0.588. The van der Waals surface area contributed by atoms with Crippen molar-refractivity contribution >= 4 is 45.5 Å². The Bertz CT molecular complexity index is 1460. The Kier molecular flexibility index (Phi) is 6.99. The minimum absolute atomic E-state index is 0.210. The summed E-state index contributed by atoms with van der Waals surface area (Å²) in [7, 11) is 2.64. The highest BCUT2D eigenvalue weighted by atomic mass is 79.9. The van der Waals surface area contributed by atoms with Gasteiger partial charge in [-0.2, -0.15) is 0 Å². The van der Waals surface area contributed by atoms with Crippen molar-refractivity contribution < 1.29 is 23.9 Å². The molecule has 2 heterocycles. The number of carbonyl (C=O) groups excluding carboxylic acids is 3. The third-order valence-corrected chi connectivity index (χ3v) is 6.67. The Labute approximate surface area is 217 Å². The van der Waals surface area contributed by atoms with E-state index in [1.165, 1.54) is 19.1 Å². The van der Waals surface area contributed by atoms with Crippen LogP contribution in [-0.4, -0.2) is 36.6 Å². The van der Waals surface area contributed by atoms with Crippen molar-refractivity contribution in [2.45, 2.75) is 20.8 Å². The molecule has 0 bridgehead atoms. The maximum atomic E-state index is 13.6. The van der Waals surface area contributed by atoms with E-state index >= 15 is 0 Å². The molecule has 3 aromatic rings. The number of amides is 1. The van der Waals surface area contributed by atoms with Crippen LogP contribution in [0, 0.1) is 13.8 Å². The number of hydrogen-bond donors (Lipinski definition) is 0. The molecule has 1 aliphatic rings. The van der Waals surface area contributed by atoms with E-state index in [0.29, 0.717) is 22.6 Å². The summed E-state index contributed by atoms with van der Waals surface area (Å²) >= 11 is 3.44. The number of nitrogens with zero attached hydrogens (tertiary/aromatic N) is 2. The minimum Gasteiger partial charge on any atom is -0.465 e. The summed E-state index contributed by atoms with van der Waals surface area (Å²) in [5.74, 6) is -1.36. The smallest absolute Gasteiger partial charge is 0.340 e. The summed E-state index contributed by atoms with van der Waals surface area (Å²) in [6.07, 6.45) is 1.70. The van der Waals surface area contributed by atoms with Gasteiger partial charge in [0.15, 0.2) is 0 Å². The largest absolute Gasteiger partial charge is 0.465 e. The fourth-order valence-electron chi connectivity index (χ4n) is 4.52. The monoisotopic (exact) mass is 548 g/mol. The van der Waals surface area contributed by atoms with Crippen molar-refractivity contribution in [3.63, 3.8) is 0 Å². The van der Waals surface area contributed by atoms with Gasteiger partial charge in [-0.25, -0.2) is 9.59 Å². The number of benzene rings is 2. The van der Waals surface area contributed by atoms with Crippen molar-refractivity contribution in [2.75, 3.05) is 19.1 Å². The van der Waals surface area contributed by atoms with Crippen LogP contribution in [0.2, 0.25) is 0 Å². The van der Waals surface area contributed by atoms with Gasteiger partial charge in [-0.1, -0.05) is 34.1 Å². The maximum absolute atomic E-state index is 13.6. The zero-order chi connectivity index (χ0) is 26.1. The number of aromatic nitrogens is 1. The average Bonchev–Trinajstić information content (AvgIpc) is 3.28. The van der Waals surface area contributed by atoms with E-state index in [4.69, 9.17) is 9.47 Å². The van der Waals surface area contributed by atoms with Crippen molar-refractivity contribution in [3.8, 4) is 5.69 Å². The molecular weight excluding hydrogens is 524 g/mol. The normalized spacial score (nSPS) is 14.6. The second kappa shape index (κ2) is 9.99. The van der Waals surface area contributed by atoms with Crippen LogP contribution in [-0.2, 0) is 19.1 Å². The molecule has 0 fully saturated rings. The van der Waals surface area contributed by atoms with Gasteiger partial charge in [0.25, 0.3) is 5.91 Å². The Morgan fingerprint density at radius 2 is 1.61 bits per heavy atom. The lowest BCUT2D eigenvalue weighted by Gasteiger charge is -2.18. The summed E-state index contributed by atoms with van der Waals surface area (Å²) in [6.45, 7) is 5.53. The molecule has 0 saturated heterocycles. The number of para-hydroxylation sites is 1. The molecule has 1 aromatic heterocycles. The second-order valence-corrected chi connectivity index (χ2v) is 9.22. The van der Waals surface area contributed by atoms with Crippen LogP contribution in [0.5, 0.6) is 0 Å². The zero-order valence-electron chi connectivity index (χ0n) is 20.6. The van der Waals surface area contributed by atoms with E-state index in [1.807, 2.05) is 54.8 Å². The first-order valence-electron chi connectivity index (χ1n) is 11.2. The lowest BCUT2D eigenvalue weighted by molar-refractivity contribution is -0.136. The Hall–Kier alpha value is -3.91. The van der Waals surface area contributed by atoms with Gasteiger partial charge in [0, 0.05) is 21.6 Å². The Morgan fingerprint density at radius 1 is 0.917 bits per heavy atom. The van der Waals surface area contributed by atoms with Gasteiger partial charge in [-0.15, -0.1) is 0 Å². The van der Waals surface area contributed by atoms with Crippen LogP contribution in [0.3, 0.4) is 0 Å². The summed E-state index contributed by atoms with van der Waals surface area (Å²) in [5.41, 5.74) is 5.04. The third kappa shape index (κ3) is 4.28. The van der Waals surface area contributed by atoms with E-state index in [0.717, 1.165) is 21.4 Å². The maximum Gasteiger partial charge on any atom is 0.340 e. The van der Waals surface area contributed by atoms with Crippen LogP contribution < -0.4 is 4.90 Å². The summed E-state index contributed by atoms with van der Waals surface area (Å²) < 4.78 is 12.7. The van der Waals surface area contributed by atoms with Gasteiger partial charge in [-0.3, -0.25) is 9.69 Å². The van der Waals surface area contributed by atoms with Gasteiger partial charge in [0.05, 0.1) is 42.3 Å². The predicted molar refractivity (Wildman–Crippen MR) is 141 cm³/mol. The molecule has 8 heteroatoms. The highest BCUT2D eigenvalue weighted by Gasteiger charge is 2.38. The average molecular weight is 549 g/mol. The van der Waals surface area contributed by atoms with Crippen LogP contribution in [0.25, 0.3) is 11.8 Å². The molecular formula is C28H25BrN2O5. The zero-order valence-corrected chi connectivity index (χ0v) is 22.2. The highest BCUT2D eigenvalue weighted by Crippen LogP contribution is 2.37. The van der Waals surface area contributed by atoms with Crippen molar-refractivity contribution in [2.24, 2.45) is 0 Å². The molecule has 0 spiro atoms. The van der Waals surface area contributed by atoms with Gasteiger partial charge < -0.3 is 14.0 Å². The van der Waals surface area contributed by atoms with Crippen molar-refractivity contribution in [1.29, 1.82) is 0 Å². The van der Waals surface area contributed by atoms with Gasteiger partial charge in [0.2, 0.25) is 0 Å².